The third-order valence-electron chi connectivity index (χ3n) is 2.32. The highest BCUT2D eigenvalue weighted by Crippen LogP contribution is 2.18. The maximum atomic E-state index is 5.59. The van der Waals surface area contributed by atoms with Gasteiger partial charge in [0.2, 0.25) is 0 Å². The fourth-order valence-corrected chi connectivity index (χ4v) is 1.57. The average Bonchev–Trinajstić information content (AvgIpc) is 2.83. The van der Waals surface area contributed by atoms with Gasteiger partial charge in [-0.1, -0.05) is 0 Å². The first-order chi connectivity index (χ1) is 7.72. The van der Waals surface area contributed by atoms with Crippen LogP contribution in [0.4, 0.5) is 5.82 Å². The van der Waals surface area contributed by atoms with E-state index in [1.165, 1.54) is 0 Å². The van der Waals surface area contributed by atoms with Crippen LogP contribution in [0, 0.1) is 6.92 Å². The molecule has 16 heavy (non-hydrogen) atoms. The smallest absolute Gasteiger partial charge is 0.180 e. The number of hydrogen-bond acceptors (Lipinski definition) is 4. The molecular formula is C10H10N6. The zero-order valence-corrected chi connectivity index (χ0v) is 8.65. The van der Waals surface area contributed by atoms with Gasteiger partial charge in [0, 0.05) is 5.69 Å². The molecule has 3 rings (SSSR count). The number of nitrogens with zero attached hydrogens (tertiary/aromatic N) is 3. The van der Waals surface area contributed by atoms with E-state index in [1.807, 2.05) is 19.1 Å². The summed E-state index contributed by atoms with van der Waals surface area (Å²) >= 11 is 0. The number of aryl methyl sites for hydroxylation is 1. The van der Waals surface area contributed by atoms with Crippen molar-refractivity contribution in [3.63, 3.8) is 0 Å². The molecule has 0 radical (unpaired) electrons. The first-order valence-electron chi connectivity index (χ1n) is 4.87. The predicted octanol–water partition coefficient (Wildman–Crippen LogP) is 1.24. The minimum absolute atomic E-state index is 0.462. The molecule has 6 heteroatoms. The molecule has 0 aliphatic heterocycles. The standard InChI is InChI=1S/C10H10N6/c1-5-4-7(16-15-5)10-12-6-2-3-8(11)13-9(6)14-10/h2-4H,1H3,(H,15,16)(H3,11,12,13,14). The lowest BCUT2D eigenvalue weighted by Gasteiger charge is -1.88. The molecule has 0 atom stereocenters. The van der Waals surface area contributed by atoms with E-state index in [1.54, 1.807) is 6.07 Å². The second-order valence-corrected chi connectivity index (χ2v) is 3.63. The summed E-state index contributed by atoms with van der Waals surface area (Å²) in [4.78, 5) is 11.6. The summed E-state index contributed by atoms with van der Waals surface area (Å²) in [7, 11) is 0. The number of anilines is 1. The Kier molecular flexibility index (Phi) is 1.70. The number of nitrogens with one attached hydrogen (secondary N) is 2. The van der Waals surface area contributed by atoms with E-state index in [4.69, 9.17) is 5.73 Å². The Balaban J connectivity index is 2.18. The van der Waals surface area contributed by atoms with Crippen LogP contribution in [0.1, 0.15) is 5.69 Å². The lowest BCUT2D eigenvalue weighted by molar-refractivity contribution is 1.04. The first-order valence-corrected chi connectivity index (χ1v) is 4.87. The predicted molar refractivity (Wildman–Crippen MR) is 60.6 cm³/mol. The largest absolute Gasteiger partial charge is 0.384 e. The molecule has 0 bridgehead atoms. The van der Waals surface area contributed by atoms with Crippen LogP contribution in [-0.4, -0.2) is 25.1 Å². The second-order valence-electron chi connectivity index (χ2n) is 3.63. The van der Waals surface area contributed by atoms with Crippen LogP contribution in [0.15, 0.2) is 18.2 Å². The Morgan fingerprint density at radius 3 is 2.88 bits per heavy atom. The molecule has 0 fully saturated rings. The van der Waals surface area contributed by atoms with Gasteiger partial charge in [-0.2, -0.15) is 5.10 Å². The Hall–Kier alpha value is -2.37. The summed E-state index contributed by atoms with van der Waals surface area (Å²) in [6.45, 7) is 1.94. The maximum absolute atomic E-state index is 5.59. The average molecular weight is 214 g/mol. The van der Waals surface area contributed by atoms with Gasteiger partial charge in [0.15, 0.2) is 11.5 Å². The van der Waals surface area contributed by atoms with Crippen LogP contribution in [0.25, 0.3) is 22.7 Å². The number of imidazole rings is 1. The van der Waals surface area contributed by atoms with Crippen LogP contribution in [0.3, 0.4) is 0 Å². The molecule has 0 aliphatic rings. The summed E-state index contributed by atoms with van der Waals surface area (Å²) in [6, 6.07) is 5.51. The quantitative estimate of drug-likeness (QED) is 0.567. The van der Waals surface area contributed by atoms with Crippen LogP contribution < -0.4 is 5.73 Å². The van der Waals surface area contributed by atoms with Gasteiger partial charge in [-0.15, -0.1) is 0 Å². The molecular weight excluding hydrogens is 204 g/mol. The van der Waals surface area contributed by atoms with E-state index in [0.717, 1.165) is 16.9 Å². The fourth-order valence-electron chi connectivity index (χ4n) is 1.57. The molecule has 0 amide bonds. The number of rotatable bonds is 1. The zero-order valence-electron chi connectivity index (χ0n) is 8.65. The van der Waals surface area contributed by atoms with E-state index in [9.17, 15) is 0 Å². The lowest BCUT2D eigenvalue weighted by atomic mass is 10.3. The Morgan fingerprint density at radius 2 is 2.12 bits per heavy atom. The van der Waals surface area contributed by atoms with Crippen molar-refractivity contribution in [2.24, 2.45) is 0 Å². The number of aromatic amines is 2. The van der Waals surface area contributed by atoms with E-state index in [-0.39, 0.29) is 0 Å². The van der Waals surface area contributed by atoms with E-state index in [0.29, 0.717) is 17.3 Å². The number of H-pyrrole nitrogens is 2. The first kappa shape index (κ1) is 8.90. The highest BCUT2D eigenvalue weighted by molar-refractivity contribution is 5.76. The van der Waals surface area contributed by atoms with Crippen molar-refractivity contribution in [3.05, 3.63) is 23.9 Å². The van der Waals surface area contributed by atoms with Crippen molar-refractivity contribution < 1.29 is 0 Å². The maximum Gasteiger partial charge on any atom is 0.180 e. The van der Waals surface area contributed by atoms with Crippen molar-refractivity contribution >= 4 is 17.0 Å². The van der Waals surface area contributed by atoms with Gasteiger partial charge >= 0.3 is 0 Å². The minimum atomic E-state index is 0.462. The third kappa shape index (κ3) is 1.31. The molecule has 0 spiro atoms. The van der Waals surface area contributed by atoms with Crippen molar-refractivity contribution in [1.29, 1.82) is 0 Å². The van der Waals surface area contributed by atoms with Gasteiger partial charge in [-0.25, -0.2) is 9.97 Å². The van der Waals surface area contributed by atoms with Gasteiger partial charge in [0.25, 0.3) is 0 Å². The molecule has 0 aliphatic carbocycles. The van der Waals surface area contributed by atoms with E-state index in [2.05, 4.69) is 25.1 Å². The van der Waals surface area contributed by atoms with Gasteiger partial charge < -0.3 is 10.7 Å². The summed E-state index contributed by atoms with van der Waals surface area (Å²) in [5.41, 5.74) is 8.81. The van der Waals surface area contributed by atoms with Crippen molar-refractivity contribution in [3.8, 4) is 11.5 Å². The number of fused-ring (bicyclic) bond motifs is 1. The molecule has 6 nitrogen and oxygen atoms in total. The molecule has 0 saturated heterocycles. The highest BCUT2D eigenvalue weighted by atomic mass is 15.1. The van der Waals surface area contributed by atoms with Gasteiger partial charge in [0.05, 0.1) is 5.52 Å². The third-order valence-corrected chi connectivity index (χ3v) is 2.32. The molecule has 3 aromatic heterocycles. The van der Waals surface area contributed by atoms with Crippen LogP contribution >= 0.6 is 0 Å². The molecule has 4 N–H and O–H groups in total. The molecule has 80 valence electrons. The van der Waals surface area contributed by atoms with Crippen LogP contribution in [0.5, 0.6) is 0 Å². The number of nitrogen functional groups attached to an aromatic ring is 1. The Labute approximate surface area is 90.9 Å². The monoisotopic (exact) mass is 214 g/mol. The Morgan fingerprint density at radius 1 is 1.25 bits per heavy atom. The highest BCUT2D eigenvalue weighted by Gasteiger charge is 2.08. The van der Waals surface area contributed by atoms with E-state index >= 15 is 0 Å². The van der Waals surface area contributed by atoms with Gasteiger partial charge in [-0.05, 0) is 25.1 Å². The fraction of sp³-hybridized carbons (Fsp3) is 0.100. The molecule has 0 unspecified atom stereocenters. The molecule has 3 aromatic rings. The second kappa shape index (κ2) is 3.06. The summed E-state index contributed by atoms with van der Waals surface area (Å²) in [5.74, 6) is 1.15. The summed E-state index contributed by atoms with van der Waals surface area (Å²) < 4.78 is 0. The van der Waals surface area contributed by atoms with Crippen molar-refractivity contribution in [2.75, 3.05) is 5.73 Å². The SMILES string of the molecule is Cc1cc(-c2nc3nc(N)ccc3[nH]2)n[nH]1. The van der Waals surface area contributed by atoms with Crippen LogP contribution in [-0.2, 0) is 0 Å². The van der Waals surface area contributed by atoms with E-state index < -0.39 is 0 Å². The number of aromatic nitrogens is 5. The lowest BCUT2D eigenvalue weighted by Crippen LogP contribution is -1.88. The molecule has 0 aromatic carbocycles. The number of hydrogen-bond donors (Lipinski definition) is 3. The number of nitrogens with two attached hydrogens (primary N) is 1. The Bertz CT molecular complexity index is 650. The zero-order chi connectivity index (χ0) is 11.1. The molecule has 3 heterocycles. The minimum Gasteiger partial charge on any atom is -0.384 e. The van der Waals surface area contributed by atoms with Gasteiger partial charge in [0.1, 0.15) is 11.5 Å². The van der Waals surface area contributed by atoms with Gasteiger partial charge in [-0.3, -0.25) is 5.10 Å². The van der Waals surface area contributed by atoms with Crippen molar-refractivity contribution in [2.45, 2.75) is 6.92 Å². The normalized spacial score (nSPS) is 11.1. The van der Waals surface area contributed by atoms with Crippen LogP contribution in [0.2, 0.25) is 0 Å². The van der Waals surface area contributed by atoms with Crippen molar-refractivity contribution in [1.82, 2.24) is 25.1 Å². The number of pyridine rings is 1. The summed E-state index contributed by atoms with van der Waals surface area (Å²) in [6.07, 6.45) is 0. The summed E-state index contributed by atoms with van der Waals surface area (Å²) in [5, 5.41) is 6.99. The molecule has 0 saturated carbocycles. The topological polar surface area (TPSA) is 96.3 Å².